The van der Waals surface area contributed by atoms with E-state index in [1.54, 1.807) is 30.5 Å². The van der Waals surface area contributed by atoms with Gasteiger partial charge in [-0.15, -0.1) is 0 Å². The molecule has 8 heteroatoms. The van der Waals surface area contributed by atoms with Crippen molar-refractivity contribution in [1.29, 1.82) is 0 Å². The van der Waals surface area contributed by atoms with Crippen LogP contribution in [0.5, 0.6) is 0 Å². The van der Waals surface area contributed by atoms with Gasteiger partial charge in [-0.3, -0.25) is 4.98 Å². The van der Waals surface area contributed by atoms with E-state index in [-0.39, 0.29) is 11.2 Å². The lowest BCUT2D eigenvalue weighted by Gasteiger charge is -2.04. The standard InChI is InChI=1S/C18H10ClF3N4/c19-13-2-1-7-23-15(13)10-3-5-11(6-4-10)16-25-14-8-12(18(20,21)22)9-24-17(14)26-16/h1-9H,(H,24,25,26). The summed E-state index contributed by atoms with van der Waals surface area (Å²) >= 11 is 6.14. The fourth-order valence-electron chi connectivity index (χ4n) is 2.58. The molecule has 3 aromatic heterocycles. The number of nitrogens with zero attached hydrogens (tertiary/aromatic N) is 3. The Bertz CT molecular complexity index is 1090. The molecule has 130 valence electrons. The van der Waals surface area contributed by atoms with E-state index >= 15 is 0 Å². The molecule has 0 saturated carbocycles. The van der Waals surface area contributed by atoms with Gasteiger partial charge in [0, 0.05) is 23.5 Å². The number of pyridine rings is 2. The van der Waals surface area contributed by atoms with E-state index in [2.05, 4.69) is 19.9 Å². The van der Waals surface area contributed by atoms with E-state index in [1.807, 2.05) is 12.1 Å². The van der Waals surface area contributed by atoms with Crippen LogP contribution in [0.25, 0.3) is 33.8 Å². The van der Waals surface area contributed by atoms with Crippen molar-refractivity contribution >= 4 is 22.8 Å². The highest BCUT2D eigenvalue weighted by molar-refractivity contribution is 6.33. The molecule has 0 radical (unpaired) electrons. The van der Waals surface area contributed by atoms with Crippen molar-refractivity contribution in [3.05, 3.63) is 65.4 Å². The molecular weight excluding hydrogens is 365 g/mol. The van der Waals surface area contributed by atoms with Gasteiger partial charge in [0.05, 0.1) is 21.8 Å². The first kappa shape index (κ1) is 16.5. The minimum absolute atomic E-state index is 0.227. The Kier molecular flexibility index (Phi) is 3.88. The molecule has 0 bridgehead atoms. The molecule has 0 unspecified atom stereocenters. The van der Waals surface area contributed by atoms with Crippen molar-refractivity contribution in [3.8, 4) is 22.6 Å². The Morgan fingerprint density at radius 2 is 1.69 bits per heavy atom. The molecule has 0 spiro atoms. The molecule has 1 aromatic carbocycles. The molecule has 0 aliphatic heterocycles. The van der Waals surface area contributed by atoms with E-state index in [4.69, 9.17) is 11.6 Å². The monoisotopic (exact) mass is 374 g/mol. The highest BCUT2D eigenvalue weighted by Gasteiger charge is 2.31. The summed E-state index contributed by atoms with van der Waals surface area (Å²) in [4.78, 5) is 15.2. The molecule has 0 aliphatic carbocycles. The maximum atomic E-state index is 12.8. The van der Waals surface area contributed by atoms with Crippen LogP contribution in [0.4, 0.5) is 13.2 Å². The number of rotatable bonds is 2. The maximum absolute atomic E-state index is 12.8. The SMILES string of the molecule is FC(F)(F)c1cnc2nc(-c3ccc(-c4ncccc4Cl)cc3)[nH]c2c1. The Morgan fingerprint density at radius 1 is 0.962 bits per heavy atom. The van der Waals surface area contributed by atoms with Gasteiger partial charge >= 0.3 is 6.18 Å². The largest absolute Gasteiger partial charge is 0.417 e. The number of nitrogens with one attached hydrogen (secondary N) is 1. The van der Waals surface area contributed by atoms with E-state index in [0.29, 0.717) is 22.1 Å². The summed E-state index contributed by atoms with van der Waals surface area (Å²) in [6, 6.07) is 11.7. The van der Waals surface area contributed by atoms with Crippen molar-refractivity contribution in [2.75, 3.05) is 0 Å². The van der Waals surface area contributed by atoms with Crippen molar-refractivity contribution in [2.24, 2.45) is 0 Å². The van der Waals surface area contributed by atoms with Crippen molar-refractivity contribution in [1.82, 2.24) is 19.9 Å². The van der Waals surface area contributed by atoms with Gasteiger partial charge in [-0.2, -0.15) is 13.2 Å². The summed E-state index contributed by atoms with van der Waals surface area (Å²) < 4.78 is 38.4. The number of alkyl halides is 3. The molecule has 0 fully saturated rings. The lowest BCUT2D eigenvalue weighted by molar-refractivity contribution is -0.137. The van der Waals surface area contributed by atoms with Crippen molar-refractivity contribution in [2.45, 2.75) is 6.18 Å². The van der Waals surface area contributed by atoms with Crippen LogP contribution >= 0.6 is 11.6 Å². The highest BCUT2D eigenvalue weighted by Crippen LogP contribution is 2.31. The third-order valence-electron chi connectivity index (χ3n) is 3.86. The molecule has 0 saturated heterocycles. The molecule has 26 heavy (non-hydrogen) atoms. The van der Waals surface area contributed by atoms with Gasteiger partial charge in [0.15, 0.2) is 5.65 Å². The summed E-state index contributed by atoms with van der Waals surface area (Å²) in [7, 11) is 0. The van der Waals surface area contributed by atoms with Crippen LogP contribution in [0, 0.1) is 0 Å². The van der Waals surface area contributed by atoms with Gasteiger partial charge in [-0.25, -0.2) is 9.97 Å². The smallest absolute Gasteiger partial charge is 0.337 e. The first-order chi connectivity index (χ1) is 12.4. The van der Waals surface area contributed by atoms with Gasteiger partial charge in [0.2, 0.25) is 0 Å². The Morgan fingerprint density at radius 3 is 2.38 bits per heavy atom. The Balaban J connectivity index is 1.70. The molecule has 0 amide bonds. The zero-order valence-electron chi connectivity index (χ0n) is 13.0. The fourth-order valence-corrected chi connectivity index (χ4v) is 2.81. The van der Waals surface area contributed by atoms with Crippen LogP contribution in [0.15, 0.2) is 54.9 Å². The van der Waals surface area contributed by atoms with Crippen molar-refractivity contribution in [3.63, 3.8) is 0 Å². The van der Waals surface area contributed by atoms with Crippen LogP contribution in [0.1, 0.15) is 5.56 Å². The van der Waals surface area contributed by atoms with Gasteiger partial charge in [0.1, 0.15) is 5.82 Å². The summed E-state index contributed by atoms with van der Waals surface area (Å²) in [5, 5.41) is 0.535. The molecule has 1 N–H and O–H groups in total. The summed E-state index contributed by atoms with van der Waals surface area (Å²) in [6.45, 7) is 0. The number of benzene rings is 1. The lowest BCUT2D eigenvalue weighted by Crippen LogP contribution is -2.05. The number of H-pyrrole nitrogens is 1. The lowest BCUT2D eigenvalue weighted by atomic mass is 10.1. The number of hydrogen-bond donors (Lipinski definition) is 1. The van der Waals surface area contributed by atoms with Crippen LogP contribution in [0.2, 0.25) is 5.02 Å². The first-order valence-corrected chi connectivity index (χ1v) is 7.94. The molecule has 3 heterocycles. The van der Waals surface area contributed by atoms with Gasteiger partial charge in [-0.1, -0.05) is 35.9 Å². The topological polar surface area (TPSA) is 54.5 Å². The minimum atomic E-state index is -4.45. The Labute approximate surface area is 150 Å². The second-order valence-corrected chi connectivity index (χ2v) is 6.00. The van der Waals surface area contributed by atoms with E-state index in [0.717, 1.165) is 17.8 Å². The molecule has 4 aromatic rings. The predicted molar refractivity (Wildman–Crippen MR) is 92.6 cm³/mol. The number of imidazole rings is 1. The summed E-state index contributed by atoms with van der Waals surface area (Å²) in [6.07, 6.45) is -2.02. The second-order valence-electron chi connectivity index (χ2n) is 5.59. The fraction of sp³-hybridized carbons (Fsp3) is 0.0556. The summed E-state index contributed by atoms with van der Waals surface area (Å²) in [5.41, 5.74) is 1.83. The van der Waals surface area contributed by atoms with Gasteiger partial charge in [0.25, 0.3) is 0 Å². The molecule has 4 nitrogen and oxygen atoms in total. The zero-order valence-corrected chi connectivity index (χ0v) is 13.8. The summed E-state index contributed by atoms with van der Waals surface area (Å²) in [5.74, 6) is 0.436. The number of fused-ring (bicyclic) bond motifs is 1. The molecule has 0 aliphatic rings. The first-order valence-electron chi connectivity index (χ1n) is 7.56. The van der Waals surface area contributed by atoms with Gasteiger partial charge < -0.3 is 4.98 Å². The molecule has 0 atom stereocenters. The zero-order chi connectivity index (χ0) is 18.3. The predicted octanol–water partition coefficient (Wildman–Crippen LogP) is 5.36. The van der Waals surface area contributed by atoms with E-state index < -0.39 is 11.7 Å². The van der Waals surface area contributed by atoms with E-state index in [9.17, 15) is 13.2 Å². The van der Waals surface area contributed by atoms with Crippen LogP contribution < -0.4 is 0 Å². The Hall–Kier alpha value is -2.93. The van der Waals surface area contributed by atoms with Crippen LogP contribution in [0.3, 0.4) is 0 Å². The third kappa shape index (κ3) is 3.01. The van der Waals surface area contributed by atoms with Crippen LogP contribution in [-0.2, 0) is 6.18 Å². The number of aromatic amines is 1. The number of halogens is 4. The van der Waals surface area contributed by atoms with Crippen LogP contribution in [-0.4, -0.2) is 19.9 Å². The minimum Gasteiger partial charge on any atom is -0.337 e. The maximum Gasteiger partial charge on any atom is 0.417 e. The van der Waals surface area contributed by atoms with Crippen molar-refractivity contribution < 1.29 is 13.2 Å². The third-order valence-corrected chi connectivity index (χ3v) is 4.16. The van der Waals surface area contributed by atoms with E-state index in [1.165, 1.54) is 0 Å². The average molecular weight is 375 g/mol. The average Bonchev–Trinajstić information content (AvgIpc) is 3.05. The highest BCUT2D eigenvalue weighted by atomic mass is 35.5. The van der Waals surface area contributed by atoms with Gasteiger partial charge in [-0.05, 0) is 18.2 Å². The normalized spacial score (nSPS) is 11.8. The number of aromatic nitrogens is 4. The number of hydrogen-bond acceptors (Lipinski definition) is 3. The quantitative estimate of drug-likeness (QED) is 0.514. The second kappa shape index (κ2) is 6.10. The molecular formula is C18H10ClF3N4. The molecule has 4 rings (SSSR count).